The molecule has 24 heavy (non-hydrogen) atoms. The fourth-order valence-corrected chi connectivity index (χ4v) is 3.11. The summed E-state index contributed by atoms with van der Waals surface area (Å²) >= 11 is 0. The summed E-state index contributed by atoms with van der Waals surface area (Å²) in [5, 5.41) is 3.04. The van der Waals surface area contributed by atoms with Crippen LogP contribution in [0.15, 0.2) is 72.8 Å². The molecule has 1 amide bonds. The summed E-state index contributed by atoms with van der Waals surface area (Å²) in [4.78, 5) is 12.6. The predicted molar refractivity (Wildman–Crippen MR) is 99.0 cm³/mol. The normalized spacial score (nSPS) is 14.5. The van der Waals surface area contributed by atoms with E-state index >= 15 is 0 Å². The summed E-state index contributed by atoms with van der Waals surface area (Å²) in [6, 6.07) is 24.1. The second kappa shape index (κ2) is 5.82. The van der Waals surface area contributed by atoms with Gasteiger partial charge in [0.05, 0.1) is 0 Å². The van der Waals surface area contributed by atoms with E-state index < -0.39 is 0 Å². The zero-order valence-electron chi connectivity index (χ0n) is 13.4. The minimum Gasteiger partial charge on any atom is -0.321 e. The van der Waals surface area contributed by atoms with E-state index in [9.17, 15) is 4.79 Å². The Bertz CT molecular complexity index is 955. The lowest BCUT2D eigenvalue weighted by molar-refractivity contribution is 0.102. The molecule has 1 aliphatic heterocycles. The summed E-state index contributed by atoms with van der Waals surface area (Å²) in [6.07, 6.45) is 2.15. The lowest BCUT2D eigenvalue weighted by Crippen LogP contribution is -2.11. The molecule has 0 saturated carbocycles. The highest BCUT2D eigenvalue weighted by Crippen LogP contribution is 2.36. The first-order valence-electron chi connectivity index (χ1n) is 8.01. The Balaban J connectivity index is 2.03. The number of anilines is 1. The summed E-state index contributed by atoms with van der Waals surface area (Å²) in [5.74, 6) is -0.0628. The van der Waals surface area contributed by atoms with Gasteiger partial charge >= 0.3 is 0 Å². The van der Waals surface area contributed by atoms with E-state index in [1.54, 1.807) is 0 Å². The van der Waals surface area contributed by atoms with Crippen molar-refractivity contribution < 1.29 is 4.79 Å². The first-order chi connectivity index (χ1) is 11.7. The van der Waals surface area contributed by atoms with Crippen molar-refractivity contribution in [2.24, 2.45) is 0 Å². The molecule has 116 valence electrons. The van der Waals surface area contributed by atoms with E-state index in [0.29, 0.717) is 5.56 Å². The van der Waals surface area contributed by atoms with Gasteiger partial charge in [0, 0.05) is 16.8 Å². The van der Waals surface area contributed by atoms with Gasteiger partial charge in [0.25, 0.3) is 5.91 Å². The van der Waals surface area contributed by atoms with Crippen LogP contribution in [0.25, 0.3) is 11.6 Å². The van der Waals surface area contributed by atoms with Crippen molar-refractivity contribution in [3.05, 3.63) is 101 Å². The number of nitrogens with one attached hydrogen (secondary N) is 1. The molecule has 0 fully saturated rings. The number of hydrogen-bond donors (Lipinski definition) is 1. The van der Waals surface area contributed by atoms with Crippen LogP contribution in [0, 0.1) is 6.92 Å². The predicted octanol–water partition coefficient (Wildman–Crippen LogP) is 5.15. The van der Waals surface area contributed by atoms with Crippen LogP contribution >= 0.6 is 0 Å². The molecule has 1 N–H and O–H groups in total. The Morgan fingerprint density at radius 1 is 0.792 bits per heavy atom. The Morgan fingerprint density at radius 3 is 2.29 bits per heavy atom. The number of hydrogen-bond acceptors (Lipinski definition) is 1. The maximum absolute atomic E-state index is 12.6. The van der Waals surface area contributed by atoms with Gasteiger partial charge in [-0.25, -0.2) is 0 Å². The molecular weight excluding hydrogens is 294 g/mol. The molecule has 3 aromatic rings. The van der Waals surface area contributed by atoms with E-state index in [1.807, 2.05) is 54.6 Å². The third-order valence-electron chi connectivity index (χ3n) is 4.29. The minimum absolute atomic E-state index is 0.0628. The van der Waals surface area contributed by atoms with Crippen LogP contribution in [0.2, 0.25) is 0 Å². The van der Waals surface area contributed by atoms with E-state index in [2.05, 4.69) is 36.5 Å². The summed E-state index contributed by atoms with van der Waals surface area (Å²) in [7, 11) is 0. The first kappa shape index (κ1) is 14.5. The van der Waals surface area contributed by atoms with Gasteiger partial charge in [-0.1, -0.05) is 60.2 Å². The SMILES string of the molecule is Cc1ccc2c(c1)/C(=C\c1ccccc1)c1ccccc1C(=O)N2. The van der Waals surface area contributed by atoms with Gasteiger partial charge in [-0.2, -0.15) is 0 Å². The zero-order valence-corrected chi connectivity index (χ0v) is 13.4. The Kier molecular flexibility index (Phi) is 3.51. The van der Waals surface area contributed by atoms with Crippen LogP contribution in [-0.4, -0.2) is 5.91 Å². The van der Waals surface area contributed by atoms with Gasteiger partial charge in [0.2, 0.25) is 0 Å². The Labute approximate surface area is 141 Å². The van der Waals surface area contributed by atoms with Crippen molar-refractivity contribution in [3.63, 3.8) is 0 Å². The highest BCUT2D eigenvalue weighted by atomic mass is 16.1. The van der Waals surface area contributed by atoms with Crippen LogP contribution in [0.1, 0.15) is 32.6 Å². The van der Waals surface area contributed by atoms with Gasteiger partial charge in [-0.15, -0.1) is 0 Å². The smallest absolute Gasteiger partial charge is 0.256 e. The third-order valence-corrected chi connectivity index (χ3v) is 4.29. The largest absolute Gasteiger partial charge is 0.321 e. The first-order valence-corrected chi connectivity index (χ1v) is 8.01. The topological polar surface area (TPSA) is 29.1 Å². The fourth-order valence-electron chi connectivity index (χ4n) is 3.11. The lowest BCUT2D eigenvalue weighted by Gasteiger charge is -2.12. The molecule has 0 unspecified atom stereocenters. The molecule has 4 rings (SSSR count). The molecule has 3 aromatic carbocycles. The van der Waals surface area contributed by atoms with Gasteiger partial charge in [0.15, 0.2) is 0 Å². The monoisotopic (exact) mass is 311 g/mol. The van der Waals surface area contributed by atoms with Gasteiger partial charge in [0.1, 0.15) is 0 Å². The van der Waals surface area contributed by atoms with Crippen molar-refractivity contribution in [1.82, 2.24) is 0 Å². The van der Waals surface area contributed by atoms with Gasteiger partial charge in [-0.3, -0.25) is 4.79 Å². The highest BCUT2D eigenvalue weighted by molar-refractivity contribution is 6.14. The third kappa shape index (κ3) is 2.52. The van der Waals surface area contributed by atoms with Crippen molar-refractivity contribution in [3.8, 4) is 0 Å². The molecule has 0 spiro atoms. The molecule has 2 nitrogen and oxygen atoms in total. The van der Waals surface area contributed by atoms with E-state index in [-0.39, 0.29) is 5.91 Å². The van der Waals surface area contributed by atoms with Crippen molar-refractivity contribution in [2.45, 2.75) is 6.92 Å². The van der Waals surface area contributed by atoms with Crippen LogP contribution in [0.4, 0.5) is 5.69 Å². The lowest BCUT2D eigenvalue weighted by atomic mass is 9.92. The average Bonchev–Trinajstić information content (AvgIpc) is 2.72. The molecule has 0 aliphatic carbocycles. The number of carbonyl (C=O) groups is 1. The average molecular weight is 311 g/mol. The summed E-state index contributed by atoms with van der Waals surface area (Å²) < 4.78 is 0. The van der Waals surface area contributed by atoms with Gasteiger partial charge in [-0.05, 0) is 47.9 Å². The number of rotatable bonds is 1. The molecular formula is C22H17NO. The molecule has 2 heteroatoms. The molecule has 0 radical (unpaired) electrons. The Hall–Kier alpha value is -3.13. The van der Waals surface area contributed by atoms with Crippen molar-refractivity contribution >= 4 is 23.2 Å². The minimum atomic E-state index is -0.0628. The second-order valence-electron chi connectivity index (χ2n) is 6.02. The maximum Gasteiger partial charge on any atom is 0.256 e. The summed E-state index contributed by atoms with van der Waals surface area (Å²) in [6.45, 7) is 2.07. The van der Waals surface area contributed by atoms with Crippen molar-refractivity contribution in [2.75, 3.05) is 5.32 Å². The highest BCUT2D eigenvalue weighted by Gasteiger charge is 2.22. The quantitative estimate of drug-likeness (QED) is 0.661. The van der Waals surface area contributed by atoms with Crippen LogP contribution in [0.5, 0.6) is 0 Å². The molecule has 0 saturated heterocycles. The van der Waals surface area contributed by atoms with Crippen LogP contribution in [-0.2, 0) is 0 Å². The molecule has 1 aliphatic rings. The number of amides is 1. The Morgan fingerprint density at radius 2 is 1.50 bits per heavy atom. The number of fused-ring (bicyclic) bond motifs is 2. The van der Waals surface area contributed by atoms with Crippen molar-refractivity contribution in [1.29, 1.82) is 0 Å². The summed E-state index contributed by atoms with van der Waals surface area (Å²) in [5.41, 5.74) is 6.91. The maximum atomic E-state index is 12.6. The van der Waals surface area contributed by atoms with Crippen LogP contribution in [0.3, 0.4) is 0 Å². The van der Waals surface area contributed by atoms with Gasteiger partial charge < -0.3 is 5.32 Å². The molecule has 1 heterocycles. The zero-order chi connectivity index (χ0) is 16.5. The van der Waals surface area contributed by atoms with E-state index in [0.717, 1.165) is 28.0 Å². The van der Waals surface area contributed by atoms with E-state index in [4.69, 9.17) is 0 Å². The van der Waals surface area contributed by atoms with E-state index in [1.165, 1.54) is 5.56 Å². The standard InChI is InChI=1S/C22H17NO/c1-15-11-12-21-20(13-15)19(14-16-7-3-2-4-8-16)17-9-5-6-10-18(17)22(24)23-21/h2-14H,1H3,(H,23,24)/b19-14-. The molecule has 0 atom stereocenters. The number of benzene rings is 3. The molecule has 0 bridgehead atoms. The van der Waals surface area contributed by atoms with Crippen LogP contribution < -0.4 is 5.32 Å². The number of carbonyl (C=O) groups excluding carboxylic acids is 1. The number of aryl methyl sites for hydroxylation is 1. The fraction of sp³-hybridized carbons (Fsp3) is 0.0455. The second-order valence-corrected chi connectivity index (χ2v) is 6.02. The molecule has 0 aromatic heterocycles.